The van der Waals surface area contributed by atoms with Gasteiger partial charge in [-0.3, -0.25) is 14.6 Å². The number of halogens is 2. The maximum Gasteiger partial charge on any atom is 0.304 e. The molecule has 1 amide bonds. The van der Waals surface area contributed by atoms with Gasteiger partial charge in [-0.2, -0.15) is 0 Å². The van der Waals surface area contributed by atoms with Crippen LogP contribution in [0, 0.1) is 5.41 Å². The number of hydrogen-bond acceptors (Lipinski definition) is 4. The van der Waals surface area contributed by atoms with Crippen molar-refractivity contribution in [1.29, 1.82) is 0 Å². The van der Waals surface area contributed by atoms with Crippen LogP contribution in [0.3, 0.4) is 0 Å². The highest BCUT2D eigenvalue weighted by molar-refractivity contribution is 6.30. The standard InChI is InChI=1S/C31H34Cl2N2O4/c1-30(2,39)26-11-5-9-24(34-26)10-6-16-35-28(20-12-14-22(32)15-13-20)25(21-7-4-8-23(33)17-21)18-31(3,29(35)38)19-27(36)37/h4-5,7-9,11-15,17,25,28,39H,6,10,16,18-19H2,1-3H3,(H,36,37)/t25-,28-,31-/m1/s1. The predicted octanol–water partition coefficient (Wildman–Crippen LogP) is 6.79. The number of aryl methyl sites for hydroxylation is 1. The van der Waals surface area contributed by atoms with E-state index in [4.69, 9.17) is 23.2 Å². The Hall–Kier alpha value is -2.93. The summed E-state index contributed by atoms with van der Waals surface area (Å²) in [7, 11) is 0. The number of aliphatic hydroxyl groups is 1. The van der Waals surface area contributed by atoms with Crippen molar-refractivity contribution < 1.29 is 19.8 Å². The van der Waals surface area contributed by atoms with Crippen LogP contribution in [0.4, 0.5) is 0 Å². The molecule has 4 rings (SSSR count). The second kappa shape index (κ2) is 11.7. The molecule has 0 radical (unpaired) electrons. The van der Waals surface area contributed by atoms with E-state index >= 15 is 0 Å². The molecule has 206 valence electrons. The molecule has 2 aromatic carbocycles. The van der Waals surface area contributed by atoms with E-state index < -0.39 is 17.0 Å². The van der Waals surface area contributed by atoms with E-state index in [1.54, 1.807) is 32.9 Å². The molecule has 6 nitrogen and oxygen atoms in total. The van der Waals surface area contributed by atoms with E-state index in [-0.39, 0.29) is 24.3 Å². The largest absolute Gasteiger partial charge is 0.481 e. The average molecular weight is 570 g/mol. The number of piperidine rings is 1. The van der Waals surface area contributed by atoms with Crippen LogP contribution in [0.15, 0.2) is 66.7 Å². The lowest BCUT2D eigenvalue weighted by molar-refractivity contribution is -0.157. The van der Waals surface area contributed by atoms with Crippen LogP contribution in [0.5, 0.6) is 0 Å². The fraction of sp³-hybridized carbons (Fsp3) is 0.387. The number of carbonyl (C=O) groups excluding carboxylic acids is 1. The second-order valence-corrected chi connectivity index (χ2v) is 12.0. The molecular weight excluding hydrogens is 535 g/mol. The fourth-order valence-corrected chi connectivity index (χ4v) is 5.92. The summed E-state index contributed by atoms with van der Waals surface area (Å²) in [5, 5.41) is 21.3. The Morgan fingerprint density at radius 3 is 2.38 bits per heavy atom. The van der Waals surface area contributed by atoms with E-state index in [1.165, 1.54) is 0 Å². The van der Waals surface area contributed by atoms with Gasteiger partial charge in [0.1, 0.15) is 5.60 Å². The van der Waals surface area contributed by atoms with Gasteiger partial charge in [0.2, 0.25) is 5.91 Å². The second-order valence-electron chi connectivity index (χ2n) is 11.2. The van der Waals surface area contributed by atoms with Crippen molar-refractivity contribution in [2.24, 2.45) is 5.41 Å². The summed E-state index contributed by atoms with van der Waals surface area (Å²) in [4.78, 5) is 32.4. The Kier molecular flexibility index (Phi) is 8.69. The van der Waals surface area contributed by atoms with Gasteiger partial charge >= 0.3 is 5.97 Å². The van der Waals surface area contributed by atoms with Crippen LogP contribution in [0.1, 0.15) is 74.5 Å². The molecule has 8 heteroatoms. The molecule has 39 heavy (non-hydrogen) atoms. The van der Waals surface area contributed by atoms with Gasteiger partial charge in [0.05, 0.1) is 23.6 Å². The molecule has 1 aromatic heterocycles. The summed E-state index contributed by atoms with van der Waals surface area (Å²) in [5.41, 5.74) is 1.15. The molecule has 2 N–H and O–H groups in total. The maximum atomic E-state index is 14.1. The van der Waals surface area contributed by atoms with E-state index in [1.807, 2.05) is 59.5 Å². The van der Waals surface area contributed by atoms with Crippen molar-refractivity contribution >= 4 is 35.1 Å². The van der Waals surface area contributed by atoms with E-state index in [9.17, 15) is 19.8 Å². The molecule has 0 bridgehead atoms. The Balaban J connectivity index is 1.72. The van der Waals surface area contributed by atoms with Gasteiger partial charge < -0.3 is 15.1 Å². The molecule has 0 aliphatic carbocycles. The molecular formula is C31H34Cl2N2O4. The smallest absolute Gasteiger partial charge is 0.304 e. The molecule has 1 saturated heterocycles. The number of hydrogen-bond donors (Lipinski definition) is 2. The third-order valence-electron chi connectivity index (χ3n) is 7.46. The number of aromatic nitrogens is 1. The summed E-state index contributed by atoms with van der Waals surface area (Å²) in [6, 6.07) is 20.3. The Morgan fingerprint density at radius 2 is 1.74 bits per heavy atom. The summed E-state index contributed by atoms with van der Waals surface area (Å²) in [6.45, 7) is 5.55. The van der Waals surface area contributed by atoms with Crippen LogP contribution < -0.4 is 0 Å². The van der Waals surface area contributed by atoms with Crippen LogP contribution >= 0.6 is 23.2 Å². The van der Waals surface area contributed by atoms with E-state index in [0.29, 0.717) is 41.5 Å². The molecule has 3 aromatic rings. The summed E-state index contributed by atoms with van der Waals surface area (Å²) >= 11 is 12.6. The minimum atomic E-state index is -1.08. The molecule has 0 spiro atoms. The van der Waals surface area contributed by atoms with Crippen molar-refractivity contribution in [3.05, 3.63) is 99.3 Å². The molecule has 1 aliphatic rings. The van der Waals surface area contributed by atoms with Crippen molar-refractivity contribution in [3.8, 4) is 0 Å². The number of aliphatic carboxylic acids is 1. The van der Waals surface area contributed by atoms with Crippen molar-refractivity contribution in [1.82, 2.24) is 9.88 Å². The highest BCUT2D eigenvalue weighted by atomic mass is 35.5. The first-order valence-electron chi connectivity index (χ1n) is 13.1. The lowest BCUT2D eigenvalue weighted by Gasteiger charge is -2.49. The van der Waals surface area contributed by atoms with E-state index in [2.05, 4.69) is 4.98 Å². The topological polar surface area (TPSA) is 90.7 Å². The zero-order chi connectivity index (χ0) is 28.4. The summed E-state index contributed by atoms with van der Waals surface area (Å²) in [5.74, 6) is -1.36. The van der Waals surface area contributed by atoms with Crippen LogP contribution in [-0.2, 0) is 21.6 Å². The Morgan fingerprint density at radius 1 is 1.05 bits per heavy atom. The summed E-state index contributed by atoms with van der Waals surface area (Å²) < 4.78 is 0. The number of benzene rings is 2. The first-order chi connectivity index (χ1) is 18.4. The molecule has 1 aliphatic heterocycles. The quantitative estimate of drug-likeness (QED) is 0.296. The monoisotopic (exact) mass is 568 g/mol. The number of carboxylic acid groups (broad SMARTS) is 1. The number of carbonyl (C=O) groups is 2. The normalized spacial score (nSPS) is 21.7. The van der Waals surface area contributed by atoms with Crippen molar-refractivity contribution in [3.63, 3.8) is 0 Å². The van der Waals surface area contributed by atoms with Crippen molar-refractivity contribution in [2.45, 2.75) is 64.0 Å². The zero-order valence-corrected chi connectivity index (χ0v) is 23.9. The number of amides is 1. The maximum absolute atomic E-state index is 14.1. The minimum absolute atomic E-state index is 0.177. The van der Waals surface area contributed by atoms with Gasteiger partial charge in [-0.1, -0.05) is 60.5 Å². The number of likely N-dealkylation sites (tertiary alicyclic amines) is 1. The Bertz CT molecular complexity index is 1340. The molecule has 0 saturated carbocycles. The van der Waals surface area contributed by atoms with Gasteiger partial charge in [-0.05, 0) is 80.6 Å². The first kappa shape index (κ1) is 29.1. The predicted molar refractivity (Wildman–Crippen MR) is 153 cm³/mol. The fourth-order valence-electron chi connectivity index (χ4n) is 5.60. The SMILES string of the molecule is CC(C)(O)c1cccc(CCCN2C(=O)[C@@](C)(CC(=O)O)C[C@H](c3cccc(Cl)c3)[C@H]2c2ccc(Cl)cc2)n1. The zero-order valence-electron chi connectivity index (χ0n) is 22.4. The molecule has 2 heterocycles. The number of pyridine rings is 1. The van der Waals surface area contributed by atoms with E-state index in [0.717, 1.165) is 16.8 Å². The number of rotatable bonds is 9. The van der Waals surface area contributed by atoms with Gasteiger partial charge in [-0.15, -0.1) is 0 Å². The number of carboxylic acids is 1. The van der Waals surface area contributed by atoms with Gasteiger partial charge in [0.15, 0.2) is 0 Å². The third kappa shape index (κ3) is 6.81. The average Bonchev–Trinajstić information content (AvgIpc) is 2.86. The molecule has 3 atom stereocenters. The highest BCUT2D eigenvalue weighted by Gasteiger charge is 2.50. The van der Waals surface area contributed by atoms with Gasteiger partial charge in [-0.25, -0.2) is 0 Å². The minimum Gasteiger partial charge on any atom is -0.481 e. The Labute approximate surface area is 239 Å². The van der Waals surface area contributed by atoms with Crippen LogP contribution in [0.25, 0.3) is 0 Å². The molecule has 0 unspecified atom stereocenters. The molecule has 1 fully saturated rings. The van der Waals surface area contributed by atoms with Crippen LogP contribution in [-0.4, -0.2) is 38.5 Å². The van der Waals surface area contributed by atoms with Crippen LogP contribution in [0.2, 0.25) is 10.0 Å². The van der Waals surface area contributed by atoms with Gasteiger partial charge in [0, 0.05) is 28.2 Å². The van der Waals surface area contributed by atoms with Gasteiger partial charge in [0.25, 0.3) is 0 Å². The lowest BCUT2D eigenvalue weighted by Crippen LogP contribution is -2.52. The number of nitrogens with zero attached hydrogens (tertiary/aromatic N) is 2. The van der Waals surface area contributed by atoms with Crippen molar-refractivity contribution in [2.75, 3.05) is 6.54 Å². The lowest BCUT2D eigenvalue weighted by atomic mass is 9.67. The first-order valence-corrected chi connectivity index (χ1v) is 13.9. The highest BCUT2D eigenvalue weighted by Crippen LogP contribution is 2.51. The summed E-state index contributed by atoms with van der Waals surface area (Å²) in [6.07, 6.45) is 1.32. The third-order valence-corrected chi connectivity index (χ3v) is 7.95.